The summed E-state index contributed by atoms with van der Waals surface area (Å²) in [6.45, 7) is 12.3. The zero-order chi connectivity index (χ0) is 65.4. The second kappa shape index (κ2) is 40.4. The highest BCUT2D eigenvalue weighted by atomic mass is 16.4. The topological polar surface area (TPSA) is 475 Å². The lowest BCUT2D eigenvalue weighted by atomic mass is 9.96. The average Bonchev–Trinajstić information content (AvgIpc) is 3.72. The number of unbranched alkanes of at least 4 members (excludes halogenated alkanes) is 9. The van der Waals surface area contributed by atoms with Crippen molar-refractivity contribution in [3.63, 3.8) is 0 Å². The Morgan fingerprint density at radius 2 is 0.919 bits per heavy atom. The summed E-state index contributed by atoms with van der Waals surface area (Å²) in [4.78, 5) is 168. The van der Waals surface area contributed by atoms with Crippen LogP contribution in [0.3, 0.4) is 0 Å². The molecule has 17 N–H and O–H groups in total. The molecule has 0 aromatic carbocycles. The van der Waals surface area contributed by atoms with Crippen molar-refractivity contribution in [1.82, 2.24) is 47.4 Å². The number of carbonyl (C=O) groups excluding carboxylic acids is 11. The van der Waals surface area contributed by atoms with Crippen LogP contribution in [0.25, 0.3) is 0 Å². The highest BCUT2D eigenvalue weighted by Crippen LogP contribution is 2.21. The molecular formula is C57H99N11O18. The molecule has 1 fully saturated rings. The number of hydrogen-bond donors (Lipinski definition) is 15. The van der Waals surface area contributed by atoms with Gasteiger partial charge >= 0.3 is 11.9 Å². The maximum atomic E-state index is 13.9. The molecule has 11 amide bonds. The summed E-state index contributed by atoms with van der Waals surface area (Å²) in [5.74, 6) is -12.4. The summed E-state index contributed by atoms with van der Waals surface area (Å²) in [5, 5.41) is 69.1. The first-order valence-electron chi connectivity index (χ1n) is 30.1. The number of amides is 11. The highest BCUT2D eigenvalue weighted by molar-refractivity contribution is 5.98. The molecule has 0 aromatic heterocycles. The Hall–Kier alpha value is -7.01. The molecule has 1 aliphatic rings. The summed E-state index contributed by atoms with van der Waals surface area (Å²) in [6.07, 6.45) is 5.23. The third-order valence-corrected chi connectivity index (χ3v) is 14.7. The van der Waals surface area contributed by atoms with Gasteiger partial charge in [-0.15, -0.1) is 0 Å². The van der Waals surface area contributed by atoms with E-state index in [9.17, 15) is 87.9 Å². The predicted molar refractivity (Wildman–Crippen MR) is 312 cm³/mol. The van der Waals surface area contributed by atoms with Gasteiger partial charge < -0.3 is 84.4 Å². The maximum absolute atomic E-state index is 13.9. The van der Waals surface area contributed by atoms with Gasteiger partial charge in [-0.1, -0.05) is 99.3 Å². The summed E-state index contributed by atoms with van der Waals surface area (Å²) in [7, 11) is 0. The Kier molecular flexibility index (Phi) is 36.2. The van der Waals surface area contributed by atoms with E-state index in [0.717, 1.165) is 44.9 Å². The van der Waals surface area contributed by atoms with Gasteiger partial charge in [0.05, 0.1) is 25.2 Å². The van der Waals surface area contributed by atoms with E-state index in [0.29, 0.717) is 45.1 Å². The molecule has 1 rings (SSSR count). The number of nitrogens with zero attached hydrogens (tertiary/aromatic N) is 1. The summed E-state index contributed by atoms with van der Waals surface area (Å²) < 4.78 is 0. The van der Waals surface area contributed by atoms with E-state index < -0.39 is 157 Å². The first-order chi connectivity index (χ1) is 40.3. The van der Waals surface area contributed by atoms with Crippen molar-refractivity contribution in [2.75, 3.05) is 13.2 Å². The number of hydrogen-bond acceptors (Lipinski definition) is 16. The monoisotopic (exact) mass is 1230 g/mol. The van der Waals surface area contributed by atoms with Crippen molar-refractivity contribution >= 4 is 76.9 Å². The minimum absolute atomic E-state index is 0.00843. The fourth-order valence-corrected chi connectivity index (χ4v) is 9.60. The molecule has 0 aromatic rings. The maximum Gasteiger partial charge on any atom is 0.326 e. The largest absolute Gasteiger partial charge is 0.480 e. The second-order valence-electron chi connectivity index (χ2n) is 23.3. The Morgan fingerprint density at radius 1 is 0.488 bits per heavy atom. The van der Waals surface area contributed by atoms with Gasteiger partial charge in [0.1, 0.15) is 54.4 Å². The van der Waals surface area contributed by atoms with Crippen molar-refractivity contribution in [3.05, 3.63) is 0 Å². The second-order valence-corrected chi connectivity index (χ2v) is 23.3. The zero-order valence-electron chi connectivity index (χ0n) is 51.3. The average molecular weight is 1230 g/mol. The quantitative estimate of drug-likeness (QED) is 0.0317. The molecule has 0 spiro atoms. The summed E-state index contributed by atoms with van der Waals surface area (Å²) in [5.41, 5.74) is 10.5. The van der Waals surface area contributed by atoms with E-state index in [4.69, 9.17) is 11.5 Å². The number of aliphatic hydroxyl groups excluding tert-OH is 3. The number of aliphatic hydroxyl groups is 3. The van der Waals surface area contributed by atoms with Crippen molar-refractivity contribution in [3.8, 4) is 0 Å². The van der Waals surface area contributed by atoms with E-state index in [1.807, 2.05) is 0 Å². The van der Waals surface area contributed by atoms with Crippen LogP contribution in [0.15, 0.2) is 0 Å². The number of carboxylic acids is 2. The van der Waals surface area contributed by atoms with E-state index in [1.165, 1.54) is 18.7 Å². The van der Waals surface area contributed by atoms with E-state index in [1.54, 1.807) is 41.5 Å². The lowest BCUT2D eigenvalue weighted by Gasteiger charge is -2.30. The molecule has 0 saturated carbocycles. The van der Waals surface area contributed by atoms with Gasteiger partial charge in [-0.25, -0.2) is 9.59 Å². The number of carbonyl (C=O) groups is 13. The van der Waals surface area contributed by atoms with Gasteiger partial charge in [0, 0.05) is 25.8 Å². The zero-order valence-corrected chi connectivity index (χ0v) is 51.3. The van der Waals surface area contributed by atoms with Crippen LogP contribution in [0.1, 0.15) is 184 Å². The first kappa shape index (κ1) is 77.0. The minimum atomic E-state index is -1.67. The van der Waals surface area contributed by atoms with Crippen molar-refractivity contribution in [1.29, 1.82) is 0 Å². The van der Waals surface area contributed by atoms with Crippen LogP contribution in [0, 0.1) is 17.8 Å². The molecule has 0 unspecified atom stereocenters. The highest BCUT2D eigenvalue weighted by Gasteiger charge is 2.39. The van der Waals surface area contributed by atoms with Crippen LogP contribution in [0.2, 0.25) is 0 Å². The fourth-order valence-electron chi connectivity index (χ4n) is 9.60. The normalized spacial score (nSPS) is 16.9. The smallest absolute Gasteiger partial charge is 0.326 e. The lowest BCUT2D eigenvalue weighted by molar-refractivity contribution is -0.144. The number of carboxylic acid groups (broad SMARTS) is 2. The number of nitrogens with two attached hydrogens (primary N) is 2. The van der Waals surface area contributed by atoms with Crippen LogP contribution in [-0.2, 0) is 62.3 Å². The molecule has 12 atom stereocenters. The number of likely N-dealkylation sites (tertiary alicyclic amines) is 1. The van der Waals surface area contributed by atoms with Gasteiger partial charge in [0.15, 0.2) is 0 Å². The van der Waals surface area contributed by atoms with Gasteiger partial charge in [-0.3, -0.25) is 52.7 Å². The third-order valence-electron chi connectivity index (χ3n) is 14.7. The SMILES string of the molecule is CC[C@H](C)[C@H](NC(=O)[C@H](CCC(N)=O)NC(=O)[C@@H]1CCCN1C(=O)CCCCCCCCCCCCC(=O)N[C@@H](CO)C(=O)N[C@H](C(=O)N[C@@H](CC(C)C)C(=O)N[C@@H](CC(N)=O)C(=O)O)[C@@H](C)O)C(=O)N[C@H](C(=O)N[C@@H](CC(C)C)C(=O)O)[C@@H](C)O. The Bertz CT molecular complexity index is 2270. The molecule has 0 aliphatic carbocycles. The van der Waals surface area contributed by atoms with Crippen LogP contribution in [-0.4, -0.2) is 187 Å². The van der Waals surface area contributed by atoms with Crippen molar-refractivity contribution in [2.24, 2.45) is 29.2 Å². The number of aliphatic carboxylic acids is 2. The minimum Gasteiger partial charge on any atom is -0.480 e. The first-order valence-corrected chi connectivity index (χ1v) is 30.1. The van der Waals surface area contributed by atoms with Gasteiger partial charge in [-0.2, -0.15) is 0 Å². The molecule has 86 heavy (non-hydrogen) atoms. The number of nitrogens with one attached hydrogen (secondary N) is 8. The van der Waals surface area contributed by atoms with Gasteiger partial charge in [0.2, 0.25) is 65.0 Å². The van der Waals surface area contributed by atoms with E-state index >= 15 is 0 Å². The Labute approximate surface area is 503 Å². The number of primary amides is 2. The summed E-state index contributed by atoms with van der Waals surface area (Å²) >= 11 is 0. The standard InChI is InChI=1S/C57H99N11O18/c1-9-33(6)46(53(80)67-48(35(8)71)55(82)64-38(56(83)84)28-32(4)5)65-49(76)36(24-25-42(58)72)61-52(79)41-21-20-26-68(41)45(75)23-19-17-15-13-11-10-12-14-16-18-22-44(74)60-40(30-69)51(78)66-47(34(7)70)54(81)62-37(27-31(2)3)50(77)63-39(57(85)86)29-43(59)73/h31-41,46-48,69-71H,9-30H2,1-8H3,(H2,58,72)(H2,59,73)(H,60,74)(H,61,79)(H,62,81)(H,63,77)(H,64,82)(H,65,76)(H,66,78)(H,67,80)(H,83,84)(H,85,86)/t33-,34+,35+,36-,37-,38-,39-,40-,41-,46-,47-,48-/m0/s1. The van der Waals surface area contributed by atoms with E-state index in [-0.39, 0.29) is 56.3 Å². The Balaban J connectivity index is 2.66. The molecule has 29 heteroatoms. The van der Waals surface area contributed by atoms with Gasteiger partial charge in [-0.05, 0) is 76.5 Å². The molecule has 1 heterocycles. The van der Waals surface area contributed by atoms with E-state index in [2.05, 4.69) is 42.5 Å². The van der Waals surface area contributed by atoms with Crippen LogP contribution < -0.4 is 54.0 Å². The predicted octanol–water partition coefficient (Wildman–Crippen LogP) is -1.26. The third kappa shape index (κ3) is 29.4. The van der Waals surface area contributed by atoms with Gasteiger partial charge in [0.25, 0.3) is 0 Å². The fraction of sp³-hybridized carbons (Fsp3) is 0.772. The molecule has 0 radical (unpaired) electrons. The molecule has 29 nitrogen and oxygen atoms in total. The molecule has 490 valence electrons. The van der Waals surface area contributed by atoms with Crippen molar-refractivity contribution < 1.29 is 87.9 Å². The van der Waals surface area contributed by atoms with Crippen LogP contribution in [0.5, 0.6) is 0 Å². The van der Waals surface area contributed by atoms with Crippen molar-refractivity contribution in [2.45, 2.75) is 250 Å². The molecule has 1 aliphatic heterocycles. The van der Waals surface area contributed by atoms with Crippen LogP contribution >= 0.6 is 0 Å². The molecular weight excluding hydrogens is 1130 g/mol. The summed E-state index contributed by atoms with van der Waals surface area (Å²) in [6, 6.07) is -12.6. The number of rotatable bonds is 44. The van der Waals surface area contributed by atoms with Crippen LogP contribution in [0.4, 0.5) is 0 Å². The molecule has 1 saturated heterocycles. The molecule has 0 bridgehead atoms. The Morgan fingerprint density at radius 3 is 1.38 bits per heavy atom. The lowest BCUT2D eigenvalue weighted by Crippen LogP contribution is -2.61.